The van der Waals surface area contributed by atoms with Crippen molar-refractivity contribution in [3.63, 3.8) is 0 Å². The second kappa shape index (κ2) is 6.64. The van der Waals surface area contributed by atoms with Crippen LogP contribution in [0.5, 0.6) is 0 Å². The van der Waals surface area contributed by atoms with Crippen LogP contribution in [0.3, 0.4) is 0 Å². The number of hydrogen-bond donors (Lipinski definition) is 1. The number of hydrogen-bond acceptors (Lipinski definition) is 6. The molecule has 1 N–H and O–H groups in total. The van der Waals surface area contributed by atoms with Crippen LogP contribution in [0, 0.1) is 0 Å². The molecule has 3 aromatic rings. The minimum atomic E-state index is -1.23. The van der Waals surface area contributed by atoms with Gasteiger partial charge in [0.2, 0.25) is 5.78 Å². The third-order valence-corrected chi connectivity index (χ3v) is 3.65. The number of carboxylic acids is 1. The summed E-state index contributed by atoms with van der Waals surface area (Å²) in [7, 11) is 0. The van der Waals surface area contributed by atoms with E-state index in [-0.39, 0.29) is 17.0 Å². The molecule has 0 amide bonds. The molecule has 2 aromatic heterocycles. The monoisotopic (exact) mass is 367 g/mol. The Morgan fingerprint density at radius 1 is 1.04 bits per heavy atom. The third-order valence-electron chi connectivity index (χ3n) is 3.65. The van der Waals surface area contributed by atoms with Gasteiger partial charge in [-0.15, -0.1) is 0 Å². The van der Waals surface area contributed by atoms with Gasteiger partial charge in [-0.1, -0.05) is 18.2 Å². The molecule has 27 heavy (non-hydrogen) atoms. The molecule has 3 rings (SSSR count). The minimum absolute atomic E-state index is 0.0212. The summed E-state index contributed by atoms with van der Waals surface area (Å²) in [6, 6.07) is 6.91. The summed E-state index contributed by atoms with van der Waals surface area (Å²) in [5.74, 6) is -1.71. The molecule has 1 aromatic carbocycles. The molecular formula is C19H17N3O5. The van der Waals surface area contributed by atoms with Gasteiger partial charge >= 0.3 is 12.1 Å². The van der Waals surface area contributed by atoms with Gasteiger partial charge in [-0.3, -0.25) is 9.36 Å². The minimum Gasteiger partial charge on any atom is -0.476 e. The predicted octanol–water partition coefficient (Wildman–Crippen LogP) is 3.14. The van der Waals surface area contributed by atoms with Crippen molar-refractivity contribution in [3.8, 4) is 0 Å². The zero-order chi connectivity index (χ0) is 19.8. The topological polar surface area (TPSA) is 111 Å². The molecule has 0 aliphatic heterocycles. The molecule has 0 fully saturated rings. The summed E-state index contributed by atoms with van der Waals surface area (Å²) in [6.07, 6.45) is 2.91. The number of carbonyl (C=O) groups is 3. The van der Waals surface area contributed by atoms with Gasteiger partial charge < -0.3 is 9.84 Å². The fourth-order valence-electron chi connectivity index (χ4n) is 2.52. The Bertz CT molecular complexity index is 1050. The molecule has 0 unspecified atom stereocenters. The van der Waals surface area contributed by atoms with Crippen LogP contribution in [-0.2, 0) is 4.74 Å². The van der Waals surface area contributed by atoms with Gasteiger partial charge in [0.15, 0.2) is 5.69 Å². The molecule has 8 nitrogen and oxygen atoms in total. The van der Waals surface area contributed by atoms with Crippen LogP contribution < -0.4 is 0 Å². The average molecular weight is 367 g/mol. The highest BCUT2D eigenvalue weighted by atomic mass is 16.6. The Labute approximate surface area is 154 Å². The van der Waals surface area contributed by atoms with Crippen molar-refractivity contribution in [2.75, 3.05) is 0 Å². The maximum absolute atomic E-state index is 12.8. The fraction of sp³-hybridized carbons (Fsp3) is 0.211. The van der Waals surface area contributed by atoms with Crippen LogP contribution in [0.25, 0.3) is 10.9 Å². The standard InChI is InChI=1S/C19H17N3O5/c1-19(2,3)27-18(26)22-10-12(11-6-4-5-7-15(11)22)16(23)13-8-21-14(9-20-13)17(24)25/h4-10H,1-3H3,(H,24,25). The molecule has 0 aliphatic rings. The molecule has 8 heteroatoms. The predicted molar refractivity (Wildman–Crippen MR) is 96.0 cm³/mol. The molecule has 0 spiro atoms. The first-order valence-electron chi connectivity index (χ1n) is 8.11. The van der Waals surface area contributed by atoms with Crippen LogP contribution in [0.2, 0.25) is 0 Å². The number of fused-ring (bicyclic) bond motifs is 1. The van der Waals surface area contributed by atoms with Crippen molar-refractivity contribution in [3.05, 3.63) is 59.8 Å². The van der Waals surface area contributed by atoms with E-state index >= 15 is 0 Å². The Hall–Kier alpha value is -3.55. The summed E-state index contributed by atoms with van der Waals surface area (Å²) in [5, 5.41) is 9.44. The van der Waals surface area contributed by atoms with E-state index in [1.165, 1.54) is 10.8 Å². The van der Waals surface area contributed by atoms with Gasteiger partial charge in [-0.25, -0.2) is 19.6 Å². The van der Waals surface area contributed by atoms with Gasteiger partial charge in [-0.2, -0.15) is 0 Å². The molecule has 0 saturated carbocycles. The van der Waals surface area contributed by atoms with Gasteiger partial charge in [0.1, 0.15) is 11.3 Å². The maximum Gasteiger partial charge on any atom is 0.419 e. The number of rotatable bonds is 3. The van der Waals surface area contributed by atoms with Crippen molar-refractivity contribution >= 4 is 28.7 Å². The smallest absolute Gasteiger partial charge is 0.419 e. The highest BCUT2D eigenvalue weighted by Crippen LogP contribution is 2.24. The molecule has 0 saturated heterocycles. The highest BCUT2D eigenvalue weighted by molar-refractivity contribution is 6.16. The first-order chi connectivity index (χ1) is 12.7. The lowest BCUT2D eigenvalue weighted by molar-refractivity contribution is 0.0543. The van der Waals surface area contributed by atoms with Crippen LogP contribution in [-0.4, -0.2) is 43.1 Å². The van der Waals surface area contributed by atoms with E-state index in [4.69, 9.17) is 9.84 Å². The number of nitrogens with zero attached hydrogens (tertiary/aromatic N) is 3. The second-order valence-corrected chi connectivity index (χ2v) is 6.83. The molecule has 0 aliphatic carbocycles. The van der Waals surface area contributed by atoms with Crippen molar-refractivity contribution in [1.29, 1.82) is 0 Å². The quantitative estimate of drug-likeness (QED) is 0.708. The van der Waals surface area contributed by atoms with Crippen LogP contribution >= 0.6 is 0 Å². The first-order valence-corrected chi connectivity index (χ1v) is 8.11. The number of carbonyl (C=O) groups excluding carboxylic acids is 2. The van der Waals surface area contributed by atoms with Gasteiger partial charge in [0, 0.05) is 11.6 Å². The average Bonchev–Trinajstić information content (AvgIpc) is 2.99. The van der Waals surface area contributed by atoms with Crippen LogP contribution in [0.4, 0.5) is 4.79 Å². The highest BCUT2D eigenvalue weighted by Gasteiger charge is 2.24. The van der Waals surface area contributed by atoms with Crippen molar-refractivity contribution in [2.24, 2.45) is 0 Å². The number of ketones is 1. The zero-order valence-corrected chi connectivity index (χ0v) is 15.0. The van der Waals surface area contributed by atoms with Crippen LogP contribution in [0.1, 0.15) is 47.3 Å². The third kappa shape index (κ3) is 3.69. The first kappa shape index (κ1) is 18.2. The van der Waals surface area contributed by atoms with E-state index in [1.807, 2.05) is 0 Å². The van der Waals surface area contributed by atoms with Gasteiger partial charge in [0.25, 0.3) is 0 Å². The molecule has 0 bridgehead atoms. The summed E-state index contributed by atoms with van der Waals surface area (Å²) >= 11 is 0. The number of aromatic carboxylic acids is 1. The molecule has 138 valence electrons. The molecule has 2 heterocycles. The number of carboxylic acid groups (broad SMARTS) is 1. The summed E-state index contributed by atoms with van der Waals surface area (Å²) in [5.41, 5.74) is -0.209. The van der Waals surface area contributed by atoms with E-state index in [1.54, 1.807) is 45.0 Å². The van der Waals surface area contributed by atoms with Crippen molar-refractivity contribution < 1.29 is 24.2 Å². The summed E-state index contributed by atoms with van der Waals surface area (Å²) in [4.78, 5) is 43.8. The number of benzene rings is 1. The lowest BCUT2D eigenvalue weighted by Crippen LogP contribution is -2.26. The normalized spacial score (nSPS) is 11.4. The van der Waals surface area contributed by atoms with E-state index < -0.39 is 23.4 Å². The zero-order valence-electron chi connectivity index (χ0n) is 15.0. The Balaban J connectivity index is 2.05. The van der Waals surface area contributed by atoms with E-state index in [2.05, 4.69) is 9.97 Å². The maximum atomic E-state index is 12.8. The van der Waals surface area contributed by atoms with E-state index in [9.17, 15) is 14.4 Å². The largest absolute Gasteiger partial charge is 0.476 e. The molecule has 0 radical (unpaired) electrons. The van der Waals surface area contributed by atoms with E-state index in [0.29, 0.717) is 10.9 Å². The number of aromatic nitrogens is 3. The van der Waals surface area contributed by atoms with Gasteiger partial charge in [-0.05, 0) is 26.8 Å². The van der Waals surface area contributed by atoms with Crippen molar-refractivity contribution in [2.45, 2.75) is 26.4 Å². The molecular weight excluding hydrogens is 350 g/mol. The van der Waals surface area contributed by atoms with Crippen LogP contribution in [0.15, 0.2) is 42.9 Å². The summed E-state index contributed by atoms with van der Waals surface area (Å²) in [6.45, 7) is 5.26. The van der Waals surface area contributed by atoms with E-state index in [0.717, 1.165) is 12.4 Å². The summed E-state index contributed by atoms with van der Waals surface area (Å²) < 4.78 is 6.66. The Kier molecular flexibility index (Phi) is 4.49. The Morgan fingerprint density at radius 3 is 2.26 bits per heavy atom. The number of ether oxygens (including phenoxy) is 1. The lowest BCUT2D eigenvalue weighted by atomic mass is 10.1. The SMILES string of the molecule is CC(C)(C)OC(=O)n1cc(C(=O)c2cnc(C(=O)O)cn2)c2ccccc21. The Morgan fingerprint density at radius 2 is 1.67 bits per heavy atom. The van der Waals surface area contributed by atoms with Gasteiger partial charge in [0.05, 0.1) is 23.5 Å². The second-order valence-electron chi connectivity index (χ2n) is 6.83. The lowest BCUT2D eigenvalue weighted by Gasteiger charge is -2.19. The molecule has 0 atom stereocenters. The van der Waals surface area contributed by atoms with Crippen molar-refractivity contribution in [1.82, 2.24) is 14.5 Å². The number of para-hydroxylation sites is 1. The fourth-order valence-corrected chi connectivity index (χ4v) is 2.52.